The fourth-order valence-corrected chi connectivity index (χ4v) is 1.68. The van der Waals surface area contributed by atoms with Crippen LogP contribution in [0.3, 0.4) is 0 Å². The summed E-state index contributed by atoms with van der Waals surface area (Å²) < 4.78 is 15.6. The summed E-state index contributed by atoms with van der Waals surface area (Å²) in [5.41, 5.74) is -0.0453. The van der Waals surface area contributed by atoms with Crippen LogP contribution >= 0.6 is 0 Å². The van der Waals surface area contributed by atoms with Crippen LogP contribution < -0.4 is 10.1 Å². The van der Waals surface area contributed by atoms with Crippen LogP contribution in [0.25, 0.3) is 0 Å². The molecule has 1 aromatic rings. The Kier molecular flexibility index (Phi) is 7.04. The van der Waals surface area contributed by atoms with Gasteiger partial charge in [0.15, 0.2) is 0 Å². The Morgan fingerprint density at radius 2 is 1.83 bits per heavy atom. The van der Waals surface area contributed by atoms with E-state index in [0.717, 1.165) is 0 Å². The van der Waals surface area contributed by atoms with Crippen molar-refractivity contribution in [2.45, 2.75) is 26.4 Å². The zero-order chi connectivity index (χ0) is 18.2. The quantitative estimate of drug-likeness (QED) is 0.604. The van der Waals surface area contributed by atoms with Gasteiger partial charge in [0.05, 0.1) is 0 Å². The maximum atomic E-state index is 12.1. The number of amides is 1. The van der Waals surface area contributed by atoms with Gasteiger partial charge in [-0.3, -0.25) is 5.32 Å². The van der Waals surface area contributed by atoms with E-state index < -0.39 is 17.7 Å². The van der Waals surface area contributed by atoms with Crippen LogP contribution in [-0.4, -0.2) is 30.9 Å². The van der Waals surface area contributed by atoms with Gasteiger partial charge < -0.3 is 14.2 Å². The minimum atomic E-state index is -0.622. The molecule has 1 N–H and O–H groups in total. The SMILES string of the molecule is C=CCOC(=O)c1cc(NC(=O)OC(C)(C)C)ccc1OCC=C. The van der Waals surface area contributed by atoms with Crippen molar-refractivity contribution in [2.75, 3.05) is 18.5 Å². The van der Waals surface area contributed by atoms with E-state index in [9.17, 15) is 9.59 Å². The lowest BCUT2D eigenvalue weighted by Gasteiger charge is -2.20. The minimum Gasteiger partial charge on any atom is -0.489 e. The van der Waals surface area contributed by atoms with Gasteiger partial charge in [-0.15, -0.1) is 0 Å². The Balaban J connectivity index is 2.99. The molecule has 0 heterocycles. The summed E-state index contributed by atoms with van der Waals surface area (Å²) in [5.74, 6) is -0.250. The van der Waals surface area contributed by atoms with Gasteiger partial charge in [-0.05, 0) is 39.0 Å². The molecule has 6 heteroatoms. The normalized spacial score (nSPS) is 10.5. The van der Waals surface area contributed by atoms with Crippen LogP contribution in [-0.2, 0) is 9.47 Å². The third-order valence-electron chi connectivity index (χ3n) is 2.53. The predicted molar refractivity (Wildman–Crippen MR) is 92.5 cm³/mol. The first-order valence-corrected chi connectivity index (χ1v) is 7.42. The minimum absolute atomic E-state index is 0.0729. The number of hydrogen-bond donors (Lipinski definition) is 1. The van der Waals surface area contributed by atoms with Crippen molar-refractivity contribution in [1.29, 1.82) is 0 Å². The molecule has 0 unspecified atom stereocenters. The summed E-state index contributed by atoms with van der Waals surface area (Å²) in [6.45, 7) is 12.6. The van der Waals surface area contributed by atoms with Crippen LogP contribution in [0.2, 0.25) is 0 Å². The molecule has 0 spiro atoms. The van der Waals surface area contributed by atoms with Crippen LogP contribution in [0.1, 0.15) is 31.1 Å². The lowest BCUT2D eigenvalue weighted by Crippen LogP contribution is -2.27. The van der Waals surface area contributed by atoms with Gasteiger partial charge >= 0.3 is 12.1 Å². The molecule has 6 nitrogen and oxygen atoms in total. The van der Waals surface area contributed by atoms with E-state index in [4.69, 9.17) is 14.2 Å². The number of benzene rings is 1. The maximum absolute atomic E-state index is 12.1. The first-order valence-electron chi connectivity index (χ1n) is 7.42. The van der Waals surface area contributed by atoms with Crippen LogP contribution in [0, 0.1) is 0 Å². The average molecular weight is 333 g/mol. The molecule has 1 rings (SSSR count). The number of carbonyl (C=O) groups excluding carboxylic acids is 2. The van der Waals surface area contributed by atoms with E-state index in [0.29, 0.717) is 11.4 Å². The van der Waals surface area contributed by atoms with Crippen molar-refractivity contribution in [3.63, 3.8) is 0 Å². The summed E-state index contributed by atoms with van der Waals surface area (Å²) >= 11 is 0. The van der Waals surface area contributed by atoms with Crippen molar-refractivity contribution >= 4 is 17.7 Å². The zero-order valence-corrected chi connectivity index (χ0v) is 14.3. The summed E-state index contributed by atoms with van der Waals surface area (Å²) in [6.07, 6.45) is 2.41. The Hall–Kier alpha value is -2.76. The first kappa shape index (κ1) is 19.3. The maximum Gasteiger partial charge on any atom is 0.412 e. The van der Waals surface area contributed by atoms with Gasteiger partial charge in [-0.25, -0.2) is 9.59 Å². The molecule has 0 saturated carbocycles. The lowest BCUT2D eigenvalue weighted by molar-refractivity contribution is 0.0543. The zero-order valence-electron chi connectivity index (χ0n) is 14.3. The first-order chi connectivity index (χ1) is 11.3. The largest absolute Gasteiger partial charge is 0.489 e. The van der Waals surface area contributed by atoms with Gasteiger partial charge in [0.25, 0.3) is 0 Å². The van der Waals surface area contributed by atoms with Gasteiger partial charge in [0.2, 0.25) is 0 Å². The van der Waals surface area contributed by atoms with Crippen molar-refractivity contribution in [2.24, 2.45) is 0 Å². The Morgan fingerprint density at radius 1 is 1.17 bits per heavy atom. The summed E-state index contributed by atoms with van der Waals surface area (Å²) in [4.78, 5) is 24.0. The molecule has 0 saturated heterocycles. The molecule has 1 amide bonds. The molecule has 130 valence electrons. The standard InChI is InChI=1S/C18H23NO5/c1-6-10-22-15-9-8-13(19-17(21)24-18(3,4)5)12-14(15)16(20)23-11-7-2/h6-9,12H,1-2,10-11H2,3-5H3,(H,19,21). The number of hydrogen-bond acceptors (Lipinski definition) is 5. The molecule has 0 fully saturated rings. The van der Waals surface area contributed by atoms with Crippen LogP contribution in [0.15, 0.2) is 43.5 Å². The predicted octanol–water partition coefficient (Wildman–Crippen LogP) is 3.94. The number of rotatable bonds is 7. The highest BCUT2D eigenvalue weighted by atomic mass is 16.6. The molecular formula is C18H23NO5. The van der Waals surface area contributed by atoms with E-state index in [-0.39, 0.29) is 18.8 Å². The van der Waals surface area contributed by atoms with Crippen molar-refractivity contribution in [3.05, 3.63) is 49.1 Å². The second-order valence-corrected chi connectivity index (χ2v) is 5.82. The van der Waals surface area contributed by atoms with Gasteiger partial charge in [0, 0.05) is 5.69 Å². The van der Waals surface area contributed by atoms with Gasteiger partial charge in [0.1, 0.15) is 30.1 Å². The second kappa shape index (κ2) is 8.76. The van der Waals surface area contributed by atoms with E-state index in [1.807, 2.05) is 0 Å². The summed E-state index contributed by atoms with van der Waals surface area (Å²) in [7, 11) is 0. The Morgan fingerprint density at radius 3 is 2.42 bits per heavy atom. The van der Waals surface area contributed by atoms with Crippen LogP contribution in [0.5, 0.6) is 5.75 Å². The fraction of sp³-hybridized carbons (Fsp3) is 0.333. The highest BCUT2D eigenvalue weighted by molar-refractivity contribution is 5.95. The summed E-state index contributed by atoms with van der Waals surface area (Å²) in [6, 6.07) is 4.64. The van der Waals surface area contributed by atoms with E-state index in [1.54, 1.807) is 39.0 Å². The molecule has 0 radical (unpaired) electrons. The number of anilines is 1. The van der Waals surface area contributed by atoms with Crippen molar-refractivity contribution in [1.82, 2.24) is 0 Å². The fourth-order valence-electron chi connectivity index (χ4n) is 1.68. The molecule has 1 aromatic carbocycles. The Bertz CT molecular complexity index is 616. The lowest BCUT2D eigenvalue weighted by atomic mass is 10.1. The van der Waals surface area contributed by atoms with Crippen LogP contribution in [0.4, 0.5) is 10.5 Å². The average Bonchev–Trinajstić information content (AvgIpc) is 2.49. The van der Waals surface area contributed by atoms with E-state index in [1.165, 1.54) is 12.1 Å². The topological polar surface area (TPSA) is 73.9 Å². The highest BCUT2D eigenvalue weighted by Crippen LogP contribution is 2.24. The number of carbonyl (C=O) groups is 2. The monoisotopic (exact) mass is 333 g/mol. The smallest absolute Gasteiger partial charge is 0.412 e. The number of ether oxygens (including phenoxy) is 3. The van der Waals surface area contributed by atoms with Gasteiger partial charge in [-0.1, -0.05) is 25.3 Å². The number of nitrogens with one attached hydrogen (secondary N) is 1. The molecule has 0 aliphatic rings. The van der Waals surface area contributed by atoms with Crippen molar-refractivity contribution < 1.29 is 23.8 Å². The molecule has 0 aliphatic heterocycles. The molecule has 0 bridgehead atoms. The van der Waals surface area contributed by atoms with E-state index >= 15 is 0 Å². The van der Waals surface area contributed by atoms with Crippen molar-refractivity contribution in [3.8, 4) is 5.75 Å². The Labute approximate surface area is 142 Å². The molecule has 0 atom stereocenters. The third kappa shape index (κ3) is 6.56. The molecular weight excluding hydrogens is 310 g/mol. The third-order valence-corrected chi connectivity index (χ3v) is 2.53. The number of esters is 1. The molecule has 0 aromatic heterocycles. The highest BCUT2D eigenvalue weighted by Gasteiger charge is 2.19. The van der Waals surface area contributed by atoms with Gasteiger partial charge in [-0.2, -0.15) is 0 Å². The second-order valence-electron chi connectivity index (χ2n) is 5.82. The molecule has 0 aliphatic carbocycles. The van der Waals surface area contributed by atoms with E-state index in [2.05, 4.69) is 18.5 Å². The summed E-state index contributed by atoms with van der Waals surface area (Å²) in [5, 5.41) is 2.57. The molecule has 24 heavy (non-hydrogen) atoms.